The van der Waals surface area contributed by atoms with Crippen molar-refractivity contribution in [2.24, 2.45) is 5.41 Å². The van der Waals surface area contributed by atoms with Crippen molar-refractivity contribution in [1.82, 2.24) is 4.72 Å². The van der Waals surface area contributed by atoms with Gasteiger partial charge in [-0.1, -0.05) is 6.42 Å². The fourth-order valence-electron chi connectivity index (χ4n) is 2.47. The molecule has 70 valence electrons. The maximum Gasteiger partial charge on any atom is 0.214 e. The summed E-state index contributed by atoms with van der Waals surface area (Å²) < 4.78 is 25.5. The maximum absolute atomic E-state index is 11.5. The molecule has 1 spiro atoms. The summed E-state index contributed by atoms with van der Waals surface area (Å²) in [6.45, 7) is 0. The monoisotopic (exact) mass is 189 g/mol. The first-order chi connectivity index (χ1) is 5.61. The Morgan fingerprint density at radius 2 is 2.00 bits per heavy atom. The normalized spacial score (nSPS) is 32.6. The minimum Gasteiger partial charge on any atom is -0.218 e. The number of rotatable bonds is 2. The van der Waals surface area contributed by atoms with Crippen LogP contribution in [0.4, 0.5) is 0 Å². The molecule has 0 aromatic carbocycles. The molecule has 12 heavy (non-hydrogen) atoms. The lowest BCUT2D eigenvalue weighted by atomic mass is 10.1. The van der Waals surface area contributed by atoms with Gasteiger partial charge in [0.15, 0.2) is 0 Å². The molecule has 0 bridgehead atoms. The van der Waals surface area contributed by atoms with E-state index in [2.05, 4.69) is 4.72 Å². The van der Waals surface area contributed by atoms with E-state index in [0.717, 1.165) is 32.1 Å². The SMILES string of the molecule is CNS(=O)(=O)C1CCCC12CC2. The van der Waals surface area contributed by atoms with Crippen LogP contribution in [0.5, 0.6) is 0 Å². The Balaban J connectivity index is 2.24. The van der Waals surface area contributed by atoms with Crippen molar-refractivity contribution in [3.05, 3.63) is 0 Å². The fourth-order valence-corrected chi connectivity index (χ4v) is 4.24. The summed E-state index contributed by atoms with van der Waals surface area (Å²) in [6, 6.07) is 0. The van der Waals surface area contributed by atoms with Crippen LogP contribution in [0.2, 0.25) is 0 Å². The van der Waals surface area contributed by atoms with Crippen molar-refractivity contribution >= 4 is 10.0 Å². The van der Waals surface area contributed by atoms with Crippen LogP contribution in [-0.4, -0.2) is 20.7 Å². The number of sulfonamides is 1. The first kappa shape index (κ1) is 8.51. The van der Waals surface area contributed by atoms with Crippen LogP contribution in [-0.2, 0) is 10.0 Å². The van der Waals surface area contributed by atoms with E-state index in [0.29, 0.717) is 0 Å². The smallest absolute Gasteiger partial charge is 0.214 e. The standard InChI is InChI=1S/C8H15NO2S/c1-9-12(10,11)7-3-2-4-8(7)5-6-8/h7,9H,2-6H2,1H3. The predicted molar refractivity (Wildman–Crippen MR) is 47.3 cm³/mol. The van der Waals surface area contributed by atoms with E-state index < -0.39 is 10.0 Å². The van der Waals surface area contributed by atoms with Crippen molar-refractivity contribution in [3.63, 3.8) is 0 Å². The highest BCUT2D eigenvalue weighted by Crippen LogP contribution is 2.59. The molecule has 2 aliphatic rings. The molecule has 2 rings (SSSR count). The molecular formula is C8H15NO2S. The molecule has 0 aromatic rings. The molecule has 0 heterocycles. The van der Waals surface area contributed by atoms with Gasteiger partial charge in [-0.3, -0.25) is 0 Å². The highest BCUT2D eigenvalue weighted by molar-refractivity contribution is 7.90. The molecule has 3 nitrogen and oxygen atoms in total. The Morgan fingerprint density at radius 1 is 1.33 bits per heavy atom. The second kappa shape index (κ2) is 2.45. The summed E-state index contributed by atoms with van der Waals surface area (Å²) in [4.78, 5) is 0. The zero-order valence-corrected chi connectivity index (χ0v) is 8.15. The van der Waals surface area contributed by atoms with Crippen LogP contribution >= 0.6 is 0 Å². The van der Waals surface area contributed by atoms with Gasteiger partial charge in [0.2, 0.25) is 10.0 Å². The third kappa shape index (κ3) is 1.09. The second-order valence-corrected chi connectivity index (χ2v) is 6.06. The topological polar surface area (TPSA) is 46.2 Å². The number of hydrogen-bond acceptors (Lipinski definition) is 2. The molecule has 1 N–H and O–H groups in total. The Hall–Kier alpha value is -0.0900. The van der Waals surface area contributed by atoms with E-state index in [4.69, 9.17) is 0 Å². The van der Waals surface area contributed by atoms with Gasteiger partial charge in [-0.2, -0.15) is 0 Å². The van der Waals surface area contributed by atoms with Crippen LogP contribution in [0.3, 0.4) is 0 Å². The molecule has 2 fully saturated rings. The zero-order valence-electron chi connectivity index (χ0n) is 7.34. The van der Waals surface area contributed by atoms with Gasteiger partial charge in [-0.25, -0.2) is 13.1 Å². The highest BCUT2D eigenvalue weighted by atomic mass is 32.2. The third-order valence-electron chi connectivity index (χ3n) is 3.38. The van der Waals surface area contributed by atoms with Crippen molar-refractivity contribution in [1.29, 1.82) is 0 Å². The van der Waals surface area contributed by atoms with E-state index in [-0.39, 0.29) is 10.7 Å². The lowest BCUT2D eigenvalue weighted by molar-refractivity contribution is 0.500. The maximum atomic E-state index is 11.5. The molecule has 4 heteroatoms. The average Bonchev–Trinajstić information content (AvgIpc) is 2.62. The summed E-state index contributed by atoms with van der Waals surface area (Å²) in [5.74, 6) is 0. The van der Waals surface area contributed by atoms with Crippen molar-refractivity contribution < 1.29 is 8.42 Å². The second-order valence-electron chi connectivity index (χ2n) is 3.99. The van der Waals surface area contributed by atoms with Gasteiger partial charge < -0.3 is 0 Å². The van der Waals surface area contributed by atoms with Gasteiger partial charge in [-0.05, 0) is 38.1 Å². The first-order valence-corrected chi connectivity index (χ1v) is 6.08. The van der Waals surface area contributed by atoms with Crippen LogP contribution in [0.15, 0.2) is 0 Å². The van der Waals surface area contributed by atoms with E-state index in [1.807, 2.05) is 0 Å². The van der Waals surface area contributed by atoms with Crippen LogP contribution in [0.25, 0.3) is 0 Å². The lowest BCUT2D eigenvalue weighted by Crippen LogP contribution is -2.35. The van der Waals surface area contributed by atoms with Crippen LogP contribution < -0.4 is 4.72 Å². The molecule has 0 aliphatic heterocycles. The number of hydrogen-bond donors (Lipinski definition) is 1. The minimum absolute atomic E-state index is 0.0880. The van der Waals surface area contributed by atoms with Crippen molar-refractivity contribution in [2.45, 2.75) is 37.4 Å². The third-order valence-corrected chi connectivity index (χ3v) is 5.43. The van der Waals surface area contributed by atoms with Gasteiger partial charge in [0.25, 0.3) is 0 Å². The van der Waals surface area contributed by atoms with Gasteiger partial charge in [-0.15, -0.1) is 0 Å². The summed E-state index contributed by atoms with van der Waals surface area (Å²) in [7, 11) is -1.48. The molecule has 2 saturated carbocycles. The molecule has 0 radical (unpaired) electrons. The van der Waals surface area contributed by atoms with E-state index in [1.165, 1.54) is 7.05 Å². The van der Waals surface area contributed by atoms with Gasteiger partial charge in [0, 0.05) is 0 Å². The molecule has 1 unspecified atom stereocenters. The Labute approximate surface area is 73.6 Å². The minimum atomic E-state index is -2.99. The van der Waals surface area contributed by atoms with Gasteiger partial charge >= 0.3 is 0 Å². The van der Waals surface area contributed by atoms with Gasteiger partial charge in [0.1, 0.15) is 0 Å². The van der Waals surface area contributed by atoms with Crippen LogP contribution in [0.1, 0.15) is 32.1 Å². The highest BCUT2D eigenvalue weighted by Gasteiger charge is 2.56. The van der Waals surface area contributed by atoms with E-state index >= 15 is 0 Å². The molecule has 0 amide bonds. The lowest BCUT2D eigenvalue weighted by Gasteiger charge is -2.17. The average molecular weight is 189 g/mol. The van der Waals surface area contributed by atoms with E-state index in [1.54, 1.807) is 0 Å². The molecule has 2 aliphatic carbocycles. The summed E-state index contributed by atoms with van der Waals surface area (Å²) >= 11 is 0. The van der Waals surface area contributed by atoms with Crippen LogP contribution in [0, 0.1) is 5.41 Å². The first-order valence-electron chi connectivity index (χ1n) is 4.53. The van der Waals surface area contributed by atoms with Crippen molar-refractivity contribution in [3.8, 4) is 0 Å². The predicted octanol–water partition coefficient (Wildman–Crippen LogP) is 0.868. The largest absolute Gasteiger partial charge is 0.218 e. The number of nitrogens with one attached hydrogen (secondary N) is 1. The molecule has 1 atom stereocenters. The zero-order chi connectivity index (χ0) is 8.82. The quantitative estimate of drug-likeness (QED) is 0.700. The van der Waals surface area contributed by atoms with Crippen molar-refractivity contribution in [2.75, 3.05) is 7.05 Å². The fraction of sp³-hybridized carbons (Fsp3) is 1.00. The van der Waals surface area contributed by atoms with E-state index in [9.17, 15) is 8.42 Å². The molecule has 0 aromatic heterocycles. The summed E-state index contributed by atoms with van der Waals surface area (Å²) in [5, 5.41) is -0.0880. The molecular weight excluding hydrogens is 174 g/mol. The molecule has 0 saturated heterocycles. The summed E-state index contributed by atoms with van der Waals surface area (Å²) in [5.41, 5.74) is 0.196. The van der Waals surface area contributed by atoms with Gasteiger partial charge in [0.05, 0.1) is 5.25 Å². The summed E-state index contributed by atoms with van der Waals surface area (Å²) in [6.07, 6.45) is 5.32. The Morgan fingerprint density at radius 3 is 2.50 bits per heavy atom. The Kier molecular flexibility index (Phi) is 1.74. The Bertz CT molecular complexity index is 279.